The molecule has 0 bridgehead atoms. The molecular weight excluding hydrogens is 306 g/mol. The largest absolute Gasteiger partial charge is 0.391 e. The van der Waals surface area contributed by atoms with Crippen LogP contribution in [-0.4, -0.2) is 20.1 Å². The van der Waals surface area contributed by atoms with Gasteiger partial charge in [0.05, 0.1) is 12.3 Å². The van der Waals surface area contributed by atoms with E-state index in [-0.39, 0.29) is 10.8 Å². The summed E-state index contributed by atoms with van der Waals surface area (Å²) in [5, 5.41) is 9.24. The Labute approximate surface area is 129 Å². The van der Waals surface area contributed by atoms with Crippen LogP contribution >= 0.6 is 11.3 Å². The second-order valence-electron chi connectivity index (χ2n) is 4.84. The van der Waals surface area contributed by atoms with Gasteiger partial charge in [-0.15, -0.1) is 11.3 Å². The molecule has 6 heteroatoms. The molecule has 1 aromatic heterocycles. The summed E-state index contributed by atoms with van der Waals surface area (Å²) in [4.78, 5) is 0.688. The predicted molar refractivity (Wildman–Crippen MR) is 86.4 cm³/mol. The van der Waals surface area contributed by atoms with Crippen molar-refractivity contribution in [2.24, 2.45) is 0 Å². The summed E-state index contributed by atoms with van der Waals surface area (Å²) >= 11 is 1.13. The van der Waals surface area contributed by atoms with E-state index in [0.29, 0.717) is 17.1 Å². The number of benzene rings is 1. The van der Waals surface area contributed by atoms with Gasteiger partial charge in [0.2, 0.25) is 0 Å². The van der Waals surface area contributed by atoms with Crippen molar-refractivity contribution in [3.8, 4) is 0 Å². The molecule has 2 rings (SSSR count). The van der Waals surface area contributed by atoms with E-state index in [9.17, 15) is 13.5 Å². The second kappa shape index (κ2) is 6.17. The molecule has 0 atom stereocenters. The molecule has 1 aromatic carbocycles. The van der Waals surface area contributed by atoms with Crippen LogP contribution in [0.15, 0.2) is 34.5 Å². The normalized spacial score (nSPS) is 11.6. The highest BCUT2D eigenvalue weighted by molar-refractivity contribution is 7.94. The number of thiophene rings is 1. The summed E-state index contributed by atoms with van der Waals surface area (Å²) in [5.41, 5.74) is 2.54. The fourth-order valence-electron chi connectivity index (χ4n) is 2.08. The Morgan fingerprint density at radius 1 is 1.19 bits per heavy atom. The number of aliphatic hydroxyl groups is 1. The molecule has 0 spiro atoms. The van der Waals surface area contributed by atoms with Gasteiger partial charge in [0, 0.05) is 11.4 Å². The maximum atomic E-state index is 12.8. The van der Waals surface area contributed by atoms with Crippen LogP contribution in [0.5, 0.6) is 0 Å². The Kier molecular flexibility index (Phi) is 4.70. The Morgan fingerprint density at radius 2 is 1.81 bits per heavy atom. The molecule has 21 heavy (non-hydrogen) atoms. The summed E-state index contributed by atoms with van der Waals surface area (Å²) in [6.45, 7) is 5.80. The van der Waals surface area contributed by atoms with Crippen molar-refractivity contribution in [1.82, 2.24) is 0 Å². The van der Waals surface area contributed by atoms with Crippen molar-refractivity contribution >= 4 is 27.0 Å². The van der Waals surface area contributed by atoms with Crippen molar-refractivity contribution in [3.05, 3.63) is 46.3 Å². The van der Waals surface area contributed by atoms with Crippen molar-refractivity contribution in [2.75, 3.05) is 10.8 Å². The number of sulfonamides is 1. The Bertz CT molecular complexity index is 718. The van der Waals surface area contributed by atoms with Crippen LogP contribution in [0.3, 0.4) is 0 Å². The van der Waals surface area contributed by atoms with Gasteiger partial charge in [-0.05, 0) is 44.5 Å². The van der Waals surface area contributed by atoms with Crippen LogP contribution in [0.4, 0.5) is 5.69 Å². The number of aryl methyl sites for hydroxylation is 2. The molecule has 1 heterocycles. The third kappa shape index (κ3) is 3.12. The lowest BCUT2D eigenvalue weighted by molar-refractivity contribution is 0.285. The lowest BCUT2D eigenvalue weighted by atomic mass is 10.2. The number of hydrogen-bond donors (Lipinski definition) is 1. The van der Waals surface area contributed by atoms with Crippen LogP contribution in [0.1, 0.15) is 22.9 Å². The molecule has 0 fully saturated rings. The fraction of sp³-hybridized carbons (Fsp3) is 0.333. The van der Waals surface area contributed by atoms with Gasteiger partial charge in [-0.2, -0.15) is 0 Å². The first-order chi connectivity index (χ1) is 9.90. The quantitative estimate of drug-likeness (QED) is 0.919. The summed E-state index contributed by atoms with van der Waals surface area (Å²) in [5.74, 6) is 0. The van der Waals surface area contributed by atoms with E-state index in [4.69, 9.17) is 0 Å². The summed E-state index contributed by atoms with van der Waals surface area (Å²) in [6, 6.07) is 9.04. The Balaban J connectivity index is 2.46. The number of rotatable bonds is 5. The zero-order valence-electron chi connectivity index (χ0n) is 12.3. The van der Waals surface area contributed by atoms with Crippen molar-refractivity contribution < 1.29 is 13.5 Å². The SMILES string of the molecule is CCN(c1ccc(C)cc1)S(=O)(=O)c1cc(C)c(CO)s1. The van der Waals surface area contributed by atoms with Crippen LogP contribution in [-0.2, 0) is 16.6 Å². The molecule has 2 aromatic rings. The maximum Gasteiger partial charge on any atom is 0.273 e. The third-order valence-electron chi connectivity index (χ3n) is 3.30. The number of nitrogens with zero attached hydrogens (tertiary/aromatic N) is 1. The predicted octanol–water partition coefficient (Wildman–Crippen LogP) is 3.07. The first-order valence-electron chi connectivity index (χ1n) is 6.69. The van der Waals surface area contributed by atoms with Gasteiger partial charge in [-0.3, -0.25) is 4.31 Å². The van der Waals surface area contributed by atoms with E-state index in [1.807, 2.05) is 45.0 Å². The van der Waals surface area contributed by atoms with E-state index >= 15 is 0 Å². The highest BCUT2D eigenvalue weighted by Gasteiger charge is 2.26. The van der Waals surface area contributed by atoms with Crippen molar-refractivity contribution in [3.63, 3.8) is 0 Å². The van der Waals surface area contributed by atoms with Gasteiger partial charge >= 0.3 is 0 Å². The number of anilines is 1. The third-order valence-corrected chi connectivity index (χ3v) is 6.87. The highest BCUT2D eigenvalue weighted by Crippen LogP contribution is 2.31. The van der Waals surface area contributed by atoms with Crippen LogP contribution in [0, 0.1) is 13.8 Å². The first-order valence-corrected chi connectivity index (χ1v) is 8.95. The Hall–Kier alpha value is -1.37. The van der Waals surface area contributed by atoms with Crippen LogP contribution in [0.25, 0.3) is 0 Å². The van der Waals surface area contributed by atoms with Gasteiger partial charge < -0.3 is 5.11 Å². The zero-order valence-corrected chi connectivity index (χ0v) is 14.0. The minimum atomic E-state index is -3.59. The molecule has 0 unspecified atom stereocenters. The van der Waals surface area contributed by atoms with Crippen LogP contribution < -0.4 is 4.31 Å². The molecule has 0 aliphatic rings. The average Bonchev–Trinajstić information content (AvgIpc) is 2.83. The second-order valence-corrected chi connectivity index (χ2v) is 8.06. The lowest BCUT2D eigenvalue weighted by Gasteiger charge is -2.22. The number of aliphatic hydroxyl groups excluding tert-OH is 1. The summed E-state index contributed by atoms with van der Waals surface area (Å²) in [7, 11) is -3.59. The maximum absolute atomic E-state index is 12.8. The summed E-state index contributed by atoms with van der Waals surface area (Å²) in [6.07, 6.45) is 0. The minimum absolute atomic E-state index is 0.136. The fourth-order valence-corrected chi connectivity index (χ4v) is 5.12. The lowest BCUT2D eigenvalue weighted by Crippen LogP contribution is -2.30. The molecule has 4 nitrogen and oxygen atoms in total. The van der Waals surface area contributed by atoms with E-state index in [1.165, 1.54) is 4.31 Å². The molecule has 0 amide bonds. The molecule has 0 aliphatic heterocycles. The Morgan fingerprint density at radius 3 is 2.29 bits per heavy atom. The van der Waals surface area contributed by atoms with E-state index in [0.717, 1.165) is 22.5 Å². The topological polar surface area (TPSA) is 57.6 Å². The van der Waals surface area contributed by atoms with Crippen molar-refractivity contribution in [1.29, 1.82) is 0 Å². The molecule has 1 N–H and O–H groups in total. The molecule has 0 radical (unpaired) electrons. The zero-order chi connectivity index (χ0) is 15.6. The minimum Gasteiger partial charge on any atom is -0.391 e. The van der Waals surface area contributed by atoms with E-state index in [2.05, 4.69) is 0 Å². The molecule has 0 saturated heterocycles. The smallest absolute Gasteiger partial charge is 0.273 e. The van der Waals surface area contributed by atoms with E-state index in [1.54, 1.807) is 6.07 Å². The molecule has 0 aliphatic carbocycles. The van der Waals surface area contributed by atoms with Gasteiger partial charge in [0.1, 0.15) is 4.21 Å². The van der Waals surface area contributed by atoms with Crippen molar-refractivity contribution in [2.45, 2.75) is 31.6 Å². The standard InChI is InChI=1S/C15H19NO3S2/c1-4-16(13-7-5-11(2)6-8-13)21(18,19)15-9-12(3)14(10-17)20-15/h5-9,17H,4,10H2,1-3H3. The molecular formula is C15H19NO3S2. The van der Waals surface area contributed by atoms with Crippen LogP contribution in [0.2, 0.25) is 0 Å². The van der Waals surface area contributed by atoms with Gasteiger partial charge in [0.15, 0.2) is 0 Å². The summed E-state index contributed by atoms with van der Waals surface area (Å²) < 4.78 is 27.2. The number of hydrogen-bond acceptors (Lipinski definition) is 4. The molecule has 114 valence electrons. The van der Waals surface area contributed by atoms with Gasteiger partial charge in [0.25, 0.3) is 10.0 Å². The highest BCUT2D eigenvalue weighted by atomic mass is 32.2. The first kappa shape index (κ1) is 16.0. The average molecular weight is 325 g/mol. The van der Waals surface area contributed by atoms with Gasteiger partial charge in [-0.25, -0.2) is 8.42 Å². The van der Waals surface area contributed by atoms with Gasteiger partial charge in [-0.1, -0.05) is 17.7 Å². The van der Waals surface area contributed by atoms with E-state index < -0.39 is 10.0 Å². The molecule has 0 saturated carbocycles. The monoisotopic (exact) mass is 325 g/mol.